The van der Waals surface area contributed by atoms with Crippen LogP contribution in [0.5, 0.6) is 0 Å². The monoisotopic (exact) mass is 409 g/mol. The van der Waals surface area contributed by atoms with Gasteiger partial charge in [-0.15, -0.1) is 5.10 Å². The summed E-state index contributed by atoms with van der Waals surface area (Å²) in [6.07, 6.45) is 1.71. The van der Waals surface area contributed by atoms with E-state index in [9.17, 15) is 9.59 Å². The number of amidine groups is 1. The summed E-state index contributed by atoms with van der Waals surface area (Å²) in [5.41, 5.74) is 8.78. The van der Waals surface area contributed by atoms with Crippen LogP contribution in [0.4, 0.5) is 5.69 Å². The first kappa shape index (κ1) is 20.6. The van der Waals surface area contributed by atoms with Crippen molar-refractivity contribution in [3.63, 3.8) is 0 Å². The van der Waals surface area contributed by atoms with Crippen molar-refractivity contribution < 1.29 is 9.59 Å². The Morgan fingerprint density at radius 3 is 2.52 bits per heavy atom. The Hall–Kier alpha value is -3.13. The Bertz CT molecular complexity index is 926. The number of carbonyl (C=O) groups excluding carboxylic acids is 2. The minimum absolute atomic E-state index is 0.113. The fraction of sp³-hybridized carbons (Fsp3) is 0.238. The lowest BCUT2D eigenvalue weighted by Crippen LogP contribution is -2.31. The number of benzene rings is 2. The van der Waals surface area contributed by atoms with Crippen LogP contribution in [0.1, 0.15) is 17.5 Å². The molecule has 1 heterocycles. The molecule has 2 amide bonds. The van der Waals surface area contributed by atoms with E-state index in [1.54, 1.807) is 6.21 Å². The van der Waals surface area contributed by atoms with Crippen molar-refractivity contribution in [2.24, 2.45) is 15.9 Å². The van der Waals surface area contributed by atoms with Crippen LogP contribution in [-0.4, -0.2) is 47.4 Å². The summed E-state index contributed by atoms with van der Waals surface area (Å²) in [5.74, 6) is -0.445. The maximum Gasteiger partial charge on any atom is 0.243 e. The lowest BCUT2D eigenvalue weighted by molar-refractivity contribution is -0.138. The second-order valence-electron chi connectivity index (χ2n) is 6.78. The zero-order chi connectivity index (χ0) is 20.8. The summed E-state index contributed by atoms with van der Waals surface area (Å²) in [6.45, 7) is 0.272. The lowest BCUT2D eigenvalue weighted by atomic mass is 10.2. The fourth-order valence-corrected chi connectivity index (χ4v) is 3.70. The first-order valence-electron chi connectivity index (χ1n) is 9.12. The van der Waals surface area contributed by atoms with E-state index in [-0.39, 0.29) is 29.9 Å². The average molecular weight is 410 g/mol. The van der Waals surface area contributed by atoms with Gasteiger partial charge in [-0.05, 0) is 23.3 Å². The van der Waals surface area contributed by atoms with Crippen LogP contribution in [0.2, 0.25) is 0 Å². The maximum absolute atomic E-state index is 12.6. The number of thioether (sulfide) groups is 1. The van der Waals surface area contributed by atoms with Crippen LogP contribution < -0.4 is 10.6 Å². The molecule has 0 saturated carbocycles. The first-order valence-corrected chi connectivity index (χ1v) is 10.0. The van der Waals surface area contributed by atoms with E-state index in [4.69, 9.17) is 5.73 Å². The van der Waals surface area contributed by atoms with Gasteiger partial charge in [-0.1, -0.05) is 54.2 Å². The van der Waals surface area contributed by atoms with Gasteiger partial charge in [0.1, 0.15) is 5.25 Å². The van der Waals surface area contributed by atoms with E-state index in [0.717, 1.165) is 28.6 Å². The molecule has 0 radical (unpaired) electrons. The minimum Gasteiger partial charge on any atom is -0.378 e. The highest BCUT2D eigenvalue weighted by Gasteiger charge is 2.39. The van der Waals surface area contributed by atoms with Gasteiger partial charge in [-0.2, -0.15) is 5.10 Å². The van der Waals surface area contributed by atoms with E-state index in [2.05, 4.69) is 10.2 Å². The Labute approximate surface area is 174 Å². The maximum atomic E-state index is 12.6. The highest BCUT2D eigenvalue weighted by molar-refractivity contribution is 8.14. The van der Waals surface area contributed by atoms with Crippen molar-refractivity contribution >= 4 is 40.6 Å². The third-order valence-electron chi connectivity index (χ3n) is 4.42. The molecule has 1 atom stereocenters. The number of anilines is 1. The molecule has 2 aromatic carbocycles. The number of carbonyl (C=O) groups is 2. The van der Waals surface area contributed by atoms with Crippen LogP contribution in [0.25, 0.3) is 0 Å². The van der Waals surface area contributed by atoms with Crippen molar-refractivity contribution in [2.75, 3.05) is 19.0 Å². The molecule has 7 nitrogen and oxygen atoms in total. The molecule has 1 aliphatic rings. The van der Waals surface area contributed by atoms with Crippen molar-refractivity contribution in [1.29, 1.82) is 0 Å². The zero-order valence-electron chi connectivity index (χ0n) is 16.4. The predicted molar refractivity (Wildman–Crippen MR) is 118 cm³/mol. The van der Waals surface area contributed by atoms with Gasteiger partial charge in [0.05, 0.1) is 12.8 Å². The Morgan fingerprint density at radius 1 is 1.17 bits per heavy atom. The molecule has 2 N–H and O–H groups in total. The summed E-state index contributed by atoms with van der Waals surface area (Å²) in [7, 11) is 3.95. The highest BCUT2D eigenvalue weighted by atomic mass is 32.2. The molecule has 0 aromatic heterocycles. The summed E-state index contributed by atoms with van der Waals surface area (Å²) in [5, 5.41) is 7.51. The highest BCUT2D eigenvalue weighted by Crippen LogP contribution is 2.26. The third-order valence-corrected chi connectivity index (χ3v) is 5.40. The number of hydrogen-bond donors (Lipinski definition) is 1. The molecule has 29 heavy (non-hydrogen) atoms. The molecular formula is C21H23N5O2S. The van der Waals surface area contributed by atoms with Crippen LogP contribution in [0, 0.1) is 0 Å². The molecule has 150 valence electrons. The van der Waals surface area contributed by atoms with Crippen molar-refractivity contribution in [3.05, 3.63) is 65.7 Å². The van der Waals surface area contributed by atoms with Gasteiger partial charge < -0.3 is 10.6 Å². The molecule has 0 bridgehead atoms. The Morgan fingerprint density at radius 2 is 1.86 bits per heavy atom. The van der Waals surface area contributed by atoms with E-state index in [0.29, 0.717) is 0 Å². The molecule has 0 spiro atoms. The number of imide groups is 1. The SMILES string of the molecule is CN(C)c1ccc(C=NN=C(N)SC2CC(=O)N(Cc3ccccc3)C2=O)cc1. The molecular weight excluding hydrogens is 386 g/mol. The van der Waals surface area contributed by atoms with Gasteiger partial charge in [-0.25, -0.2) is 0 Å². The second kappa shape index (κ2) is 9.38. The number of likely N-dealkylation sites (tertiary alicyclic amines) is 1. The number of nitrogens with two attached hydrogens (primary N) is 1. The van der Waals surface area contributed by atoms with E-state index >= 15 is 0 Å². The molecule has 0 aliphatic carbocycles. The second-order valence-corrected chi connectivity index (χ2v) is 8.01. The summed E-state index contributed by atoms with van der Waals surface area (Å²) >= 11 is 1.07. The van der Waals surface area contributed by atoms with Crippen molar-refractivity contribution in [3.8, 4) is 0 Å². The van der Waals surface area contributed by atoms with Gasteiger partial charge in [0, 0.05) is 26.2 Å². The molecule has 2 aromatic rings. The predicted octanol–water partition coefficient (Wildman–Crippen LogP) is 2.46. The van der Waals surface area contributed by atoms with Crippen LogP contribution in [-0.2, 0) is 16.1 Å². The van der Waals surface area contributed by atoms with Gasteiger partial charge in [0.15, 0.2) is 5.17 Å². The largest absolute Gasteiger partial charge is 0.378 e. The smallest absolute Gasteiger partial charge is 0.243 e. The summed E-state index contributed by atoms with van der Waals surface area (Å²) in [4.78, 5) is 28.1. The van der Waals surface area contributed by atoms with Crippen LogP contribution in [0.3, 0.4) is 0 Å². The van der Waals surface area contributed by atoms with E-state index in [1.807, 2.05) is 73.6 Å². The molecule has 1 unspecified atom stereocenters. The molecule has 1 aliphatic heterocycles. The number of hydrogen-bond acceptors (Lipinski definition) is 6. The Balaban J connectivity index is 1.57. The first-order chi connectivity index (χ1) is 13.9. The normalized spacial score (nSPS) is 17.4. The topological polar surface area (TPSA) is 91.4 Å². The summed E-state index contributed by atoms with van der Waals surface area (Å²) < 4.78 is 0. The van der Waals surface area contributed by atoms with Gasteiger partial charge in [-0.3, -0.25) is 14.5 Å². The lowest BCUT2D eigenvalue weighted by Gasteiger charge is -2.14. The van der Waals surface area contributed by atoms with Gasteiger partial charge >= 0.3 is 0 Å². The quantitative estimate of drug-likeness (QED) is 0.342. The standard InChI is InChI=1S/C21H23N5O2S/c1-25(2)17-10-8-15(9-11-17)13-23-24-21(22)29-18-12-19(27)26(20(18)28)14-16-6-4-3-5-7-16/h3-11,13,18H,12,14H2,1-2H3,(H2,22,24). The molecule has 8 heteroatoms. The van der Waals surface area contributed by atoms with Gasteiger partial charge in [0.2, 0.25) is 11.8 Å². The number of rotatable bonds is 6. The fourth-order valence-electron chi connectivity index (χ4n) is 2.86. The average Bonchev–Trinajstić information content (AvgIpc) is 2.96. The third kappa shape index (κ3) is 5.45. The molecule has 1 fully saturated rings. The van der Waals surface area contributed by atoms with E-state index < -0.39 is 5.25 Å². The van der Waals surface area contributed by atoms with Crippen molar-refractivity contribution in [1.82, 2.24) is 4.90 Å². The Kier molecular flexibility index (Phi) is 6.66. The van der Waals surface area contributed by atoms with Gasteiger partial charge in [0.25, 0.3) is 0 Å². The number of nitrogens with zero attached hydrogens (tertiary/aromatic N) is 4. The zero-order valence-corrected chi connectivity index (χ0v) is 17.2. The van der Waals surface area contributed by atoms with Crippen molar-refractivity contribution in [2.45, 2.75) is 18.2 Å². The molecule has 1 saturated heterocycles. The van der Waals surface area contributed by atoms with Crippen LogP contribution in [0.15, 0.2) is 64.8 Å². The minimum atomic E-state index is -0.565. The molecule has 3 rings (SSSR count). The summed E-state index contributed by atoms with van der Waals surface area (Å²) in [6, 6.07) is 17.2. The number of amides is 2. The van der Waals surface area contributed by atoms with E-state index in [1.165, 1.54) is 4.90 Å². The van der Waals surface area contributed by atoms with Crippen LogP contribution >= 0.6 is 11.8 Å².